The summed E-state index contributed by atoms with van der Waals surface area (Å²) in [6, 6.07) is 7.44. The lowest BCUT2D eigenvalue weighted by Crippen LogP contribution is -2.24. The molecule has 0 fully saturated rings. The number of hydrogen-bond donors (Lipinski definition) is 1. The van der Waals surface area contributed by atoms with Gasteiger partial charge in [-0.25, -0.2) is 4.98 Å². The van der Waals surface area contributed by atoms with Crippen LogP contribution in [0.1, 0.15) is 19.7 Å². The van der Waals surface area contributed by atoms with Crippen molar-refractivity contribution in [2.45, 2.75) is 26.0 Å². The van der Waals surface area contributed by atoms with Gasteiger partial charge < -0.3 is 14.4 Å². The number of hydrogen-bond acceptors (Lipinski definition) is 4. The molecule has 1 heterocycles. The van der Waals surface area contributed by atoms with Crippen molar-refractivity contribution >= 4 is 17.0 Å². The summed E-state index contributed by atoms with van der Waals surface area (Å²) < 4.78 is 6.35. The first-order valence-electron chi connectivity index (χ1n) is 5.68. The quantitative estimate of drug-likeness (QED) is 0.835. The molecule has 0 saturated heterocycles. The van der Waals surface area contributed by atoms with Gasteiger partial charge in [0.15, 0.2) is 0 Å². The number of benzene rings is 1. The minimum atomic E-state index is -1.12. The molecule has 1 N–H and O–H groups in total. The third-order valence-corrected chi connectivity index (χ3v) is 2.72. The molecule has 1 aromatic heterocycles. The van der Waals surface area contributed by atoms with Crippen molar-refractivity contribution in [2.75, 3.05) is 7.11 Å². The van der Waals surface area contributed by atoms with E-state index in [1.807, 2.05) is 24.3 Å². The fourth-order valence-electron chi connectivity index (χ4n) is 1.90. The predicted molar refractivity (Wildman–Crippen MR) is 67.0 cm³/mol. The van der Waals surface area contributed by atoms with E-state index in [4.69, 9.17) is 0 Å². The molecule has 0 saturated carbocycles. The van der Waals surface area contributed by atoms with Crippen LogP contribution in [0.3, 0.4) is 0 Å². The summed E-state index contributed by atoms with van der Waals surface area (Å²) in [7, 11) is 1.34. The summed E-state index contributed by atoms with van der Waals surface area (Å²) in [4.78, 5) is 15.8. The van der Waals surface area contributed by atoms with Gasteiger partial charge in [0.05, 0.1) is 18.1 Å². The number of imidazole rings is 1. The van der Waals surface area contributed by atoms with Crippen molar-refractivity contribution in [1.82, 2.24) is 9.55 Å². The molecule has 0 aliphatic heterocycles. The summed E-state index contributed by atoms with van der Waals surface area (Å²) in [5.41, 5.74) is 0.436. The Balaban J connectivity index is 2.62. The van der Waals surface area contributed by atoms with E-state index in [0.717, 1.165) is 11.0 Å². The first-order chi connectivity index (χ1) is 8.43. The Bertz CT molecular complexity index is 581. The number of ether oxygens (including phenoxy) is 1. The third-order valence-electron chi connectivity index (χ3n) is 2.72. The molecule has 0 bridgehead atoms. The van der Waals surface area contributed by atoms with Gasteiger partial charge in [-0.05, 0) is 26.0 Å². The largest absolute Gasteiger partial charge is 0.468 e. The molecule has 2 aromatic rings. The molecule has 18 heavy (non-hydrogen) atoms. The Labute approximate surface area is 105 Å². The molecule has 0 spiro atoms. The van der Waals surface area contributed by atoms with Gasteiger partial charge in [-0.3, -0.25) is 4.79 Å². The SMILES string of the molecule is COC(=O)Cn1c(C(C)(C)O)nc2ccccc21. The summed E-state index contributed by atoms with van der Waals surface area (Å²) in [6.45, 7) is 3.32. The molecule has 96 valence electrons. The highest BCUT2D eigenvalue weighted by atomic mass is 16.5. The van der Waals surface area contributed by atoms with Gasteiger partial charge in [-0.2, -0.15) is 0 Å². The summed E-state index contributed by atoms with van der Waals surface area (Å²) in [5.74, 6) is 0.0813. The number of para-hydroxylation sites is 2. The van der Waals surface area contributed by atoms with Crippen molar-refractivity contribution in [3.63, 3.8) is 0 Å². The Kier molecular flexibility index (Phi) is 3.09. The van der Waals surface area contributed by atoms with Crippen LogP contribution < -0.4 is 0 Å². The molecule has 0 unspecified atom stereocenters. The van der Waals surface area contributed by atoms with E-state index in [2.05, 4.69) is 9.72 Å². The highest BCUT2D eigenvalue weighted by Crippen LogP contribution is 2.24. The first kappa shape index (κ1) is 12.6. The molecular formula is C13H16N2O3. The normalized spacial score (nSPS) is 11.8. The van der Waals surface area contributed by atoms with Crippen LogP contribution in [0.2, 0.25) is 0 Å². The van der Waals surface area contributed by atoms with E-state index in [0.29, 0.717) is 5.82 Å². The molecule has 2 rings (SSSR count). The van der Waals surface area contributed by atoms with Crippen molar-refractivity contribution in [3.05, 3.63) is 30.1 Å². The van der Waals surface area contributed by atoms with Crippen molar-refractivity contribution in [1.29, 1.82) is 0 Å². The van der Waals surface area contributed by atoms with Gasteiger partial charge in [0.1, 0.15) is 18.0 Å². The predicted octanol–water partition coefficient (Wildman–Crippen LogP) is 1.44. The topological polar surface area (TPSA) is 64.3 Å². The lowest BCUT2D eigenvalue weighted by molar-refractivity contribution is -0.141. The number of aromatic nitrogens is 2. The molecular weight excluding hydrogens is 232 g/mol. The van der Waals surface area contributed by atoms with Crippen molar-refractivity contribution in [3.8, 4) is 0 Å². The lowest BCUT2D eigenvalue weighted by Gasteiger charge is -2.18. The van der Waals surface area contributed by atoms with Crippen LogP contribution in [0.25, 0.3) is 11.0 Å². The molecule has 5 nitrogen and oxygen atoms in total. The number of fused-ring (bicyclic) bond motifs is 1. The maximum Gasteiger partial charge on any atom is 0.325 e. The minimum Gasteiger partial charge on any atom is -0.468 e. The highest BCUT2D eigenvalue weighted by molar-refractivity contribution is 5.79. The van der Waals surface area contributed by atoms with Gasteiger partial charge in [-0.1, -0.05) is 12.1 Å². The number of nitrogens with zero attached hydrogens (tertiary/aromatic N) is 2. The second-order valence-electron chi connectivity index (χ2n) is 4.65. The van der Waals surface area contributed by atoms with E-state index < -0.39 is 5.60 Å². The number of carbonyl (C=O) groups is 1. The zero-order chi connectivity index (χ0) is 13.3. The van der Waals surface area contributed by atoms with Crippen LogP contribution in [-0.2, 0) is 21.7 Å². The van der Waals surface area contributed by atoms with Gasteiger partial charge in [0.25, 0.3) is 0 Å². The van der Waals surface area contributed by atoms with Crippen molar-refractivity contribution < 1.29 is 14.6 Å². The number of aliphatic hydroxyl groups is 1. The maximum absolute atomic E-state index is 11.4. The second kappa shape index (κ2) is 4.42. The second-order valence-corrected chi connectivity index (χ2v) is 4.65. The van der Waals surface area contributed by atoms with Crippen LogP contribution in [0.5, 0.6) is 0 Å². The first-order valence-corrected chi connectivity index (χ1v) is 5.68. The number of carbonyl (C=O) groups excluding carboxylic acids is 1. The van der Waals surface area contributed by atoms with Gasteiger partial charge in [0.2, 0.25) is 0 Å². The fourth-order valence-corrected chi connectivity index (χ4v) is 1.90. The lowest BCUT2D eigenvalue weighted by atomic mass is 10.1. The molecule has 0 amide bonds. The summed E-state index contributed by atoms with van der Waals surface area (Å²) in [6.07, 6.45) is 0. The molecule has 0 aliphatic carbocycles. The van der Waals surface area contributed by atoms with E-state index in [1.165, 1.54) is 7.11 Å². The van der Waals surface area contributed by atoms with Crippen LogP contribution in [-0.4, -0.2) is 27.7 Å². The zero-order valence-corrected chi connectivity index (χ0v) is 10.7. The maximum atomic E-state index is 11.4. The Morgan fingerprint density at radius 3 is 2.72 bits per heavy atom. The van der Waals surface area contributed by atoms with E-state index in [9.17, 15) is 9.90 Å². The zero-order valence-electron chi connectivity index (χ0n) is 10.7. The standard InChI is InChI=1S/C13H16N2O3/c1-13(2,17)12-14-9-6-4-5-7-10(9)15(12)8-11(16)18-3/h4-7,17H,8H2,1-3H3. The fraction of sp³-hybridized carbons (Fsp3) is 0.385. The average Bonchev–Trinajstić information content (AvgIpc) is 2.68. The van der Waals surface area contributed by atoms with E-state index >= 15 is 0 Å². The molecule has 0 aliphatic rings. The van der Waals surface area contributed by atoms with Gasteiger partial charge >= 0.3 is 5.97 Å². The molecule has 0 atom stereocenters. The number of esters is 1. The summed E-state index contributed by atoms with van der Waals surface area (Å²) in [5, 5.41) is 10.1. The Morgan fingerprint density at radius 2 is 2.11 bits per heavy atom. The highest BCUT2D eigenvalue weighted by Gasteiger charge is 2.25. The summed E-state index contributed by atoms with van der Waals surface area (Å²) >= 11 is 0. The van der Waals surface area contributed by atoms with Crippen LogP contribution in [0, 0.1) is 0 Å². The Hall–Kier alpha value is -1.88. The minimum absolute atomic E-state index is 0.0380. The van der Waals surface area contributed by atoms with Crippen LogP contribution >= 0.6 is 0 Å². The molecule has 5 heteroatoms. The van der Waals surface area contributed by atoms with Crippen molar-refractivity contribution in [2.24, 2.45) is 0 Å². The monoisotopic (exact) mass is 248 g/mol. The van der Waals surface area contributed by atoms with Crippen LogP contribution in [0.4, 0.5) is 0 Å². The molecule has 1 aromatic carbocycles. The Morgan fingerprint density at radius 1 is 1.44 bits per heavy atom. The molecule has 0 radical (unpaired) electrons. The van der Waals surface area contributed by atoms with Gasteiger partial charge in [0, 0.05) is 0 Å². The average molecular weight is 248 g/mol. The van der Waals surface area contributed by atoms with E-state index in [1.54, 1.807) is 18.4 Å². The third kappa shape index (κ3) is 2.22. The smallest absolute Gasteiger partial charge is 0.325 e. The van der Waals surface area contributed by atoms with Gasteiger partial charge in [-0.15, -0.1) is 0 Å². The number of methoxy groups -OCH3 is 1. The van der Waals surface area contributed by atoms with Crippen LogP contribution in [0.15, 0.2) is 24.3 Å². The number of rotatable bonds is 3. The van der Waals surface area contributed by atoms with E-state index in [-0.39, 0.29) is 12.5 Å².